The molecular weight excluding hydrogens is 519 g/mol. The van der Waals surface area contributed by atoms with Crippen LogP contribution in [0.3, 0.4) is 0 Å². The van der Waals surface area contributed by atoms with Crippen LogP contribution in [-0.2, 0) is 14.3 Å². The number of rotatable bonds is 6. The van der Waals surface area contributed by atoms with Crippen molar-refractivity contribution in [1.82, 2.24) is 0 Å². The van der Waals surface area contributed by atoms with Crippen molar-refractivity contribution < 1.29 is 28.7 Å². The normalized spacial score (nSPS) is 14.3. The van der Waals surface area contributed by atoms with Crippen LogP contribution >= 0.6 is 22.6 Å². The predicted octanol–water partition coefficient (Wildman–Crippen LogP) is 4.18. The van der Waals surface area contributed by atoms with Crippen LogP contribution < -0.4 is 9.47 Å². The van der Waals surface area contributed by atoms with Gasteiger partial charge in [-0.2, -0.15) is 0 Å². The maximum Gasteiger partial charge on any atom is 0.363 e. The van der Waals surface area contributed by atoms with Crippen molar-refractivity contribution in [2.24, 2.45) is 4.99 Å². The van der Waals surface area contributed by atoms with Crippen molar-refractivity contribution in [3.63, 3.8) is 0 Å². The minimum atomic E-state index is -0.684. The Hall–Kier alpha value is -3.28. The Morgan fingerprint density at radius 1 is 1.35 bits per heavy atom. The van der Waals surface area contributed by atoms with E-state index in [-0.39, 0.29) is 23.7 Å². The number of halogens is 1. The van der Waals surface area contributed by atoms with Crippen LogP contribution in [0.5, 0.6) is 11.5 Å². The van der Waals surface area contributed by atoms with Crippen molar-refractivity contribution in [2.45, 2.75) is 20.3 Å². The highest BCUT2D eigenvalue weighted by Crippen LogP contribution is 2.35. The van der Waals surface area contributed by atoms with E-state index in [4.69, 9.17) is 14.2 Å². The molecular formula is C21H17IN2O7. The number of ether oxygens (including phenoxy) is 3. The van der Waals surface area contributed by atoms with E-state index in [1.165, 1.54) is 25.3 Å². The minimum absolute atomic E-state index is 0.00684. The van der Waals surface area contributed by atoms with Crippen LogP contribution in [0.25, 0.3) is 6.08 Å². The SMILES string of the molecule is CCC(=O)Oc1c(I)cc(/C=C2\N=C(c3cccc([N+](=O)[O-])c3C)OC2=O)cc1OC. The zero-order valence-electron chi connectivity index (χ0n) is 16.8. The van der Waals surface area contributed by atoms with E-state index in [0.29, 0.717) is 31.8 Å². The van der Waals surface area contributed by atoms with Gasteiger partial charge in [0.2, 0.25) is 5.90 Å². The van der Waals surface area contributed by atoms with Gasteiger partial charge < -0.3 is 14.2 Å². The van der Waals surface area contributed by atoms with Crippen LogP contribution in [0.1, 0.15) is 30.0 Å². The summed E-state index contributed by atoms with van der Waals surface area (Å²) >= 11 is 2.00. The van der Waals surface area contributed by atoms with Gasteiger partial charge in [0, 0.05) is 23.6 Å². The first-order valence-electron chi connectivity index (χ1n) is 9.10. The molecule has 31 heavy (non-hydrogen) atoms. The molecule has 0 atom stereocenters. The van der Waals surface area contributed by atoms with Crippen molar-refractivity contribution in [3.8, 4) is 11.5 Å². The molecule has 10 heteroatoms. The molecule has 2 aromatic rings. The summed E-state index contributed by atoms with van der Waals surface area (Å²) in [7, 11) is 1.44. The zero-order chi connectivity index (χ0) is 22.7. The van der Waals surface area contributed by atoms with E-state index in [1.807, 2.05) is 22.6 Å². The summed E-state index contributed by atoms with van der Waals surface area (Å²) in [6.45, 7) is 3.25. The average Bonchev–Trinajstić information content (AvgIpc) is 3.09. The Morgan fingerprint density at radius 3 is 2.74 bits per heavy atom. The number of nitro benzene ring substituents is 1. The molecule has 1 aliphatic heterocycles. The monoisotopic (exact) mass is 536 g/mol. The second kappa shape index (κ2) is 9.25. The molecule has 2 aromatic carbocycles. The number of esters is 2. The first kappa shape index (κ1) is 22.4. The van der Waals surface area contributed by atoms with E-state index in [2.05, 4.69) is 4.99 Å². The third kappa shape index (κ3) is 4.74. The van der Waals surface area contributed by atoms with Crippen LogP contribution in [0.4, 0.5) is 5.69 Å². The summed E-state index contributed by atoms with van der Waals surface area (Å²) in [6, 6.07) is 7.77. The number of nitro groups is 1. The summed E-state index contributed by atoms with van der Waals surface area (Å²) in [6.07, 6.45) is 1.71. The first-order chi connectivity index (χ1) is 14.7. The lowest BCUT2D eigenvalue weighted by atomic mass is 10.1. The number of cyclic esters (lactones) is 1. The summed E-state index contributed by atoms with van der Waals surface area (Å²) in [5, 5.41) is 11.2. The summed E-state index contributed by atoms with van der Waals surface area (Å²) in [5.41, 5.74) is 1.21. The van der Waals surface area contributed by atoms with Crippen molar-refractivity contribution in [1.29, 1.82) is 0 Å². The molecule has 9 nitrogen and oxygen atoms in total. The molecule has 0 amide bonds. The molecule has 0 saturated carbocycles. The van der Waals surface area contributed by atoms with E-state index in [9.17, 15) is 19.7 Å². The summed E-state index contributed by atoms with van der Waals surface area (Å²) in [5.74, 6) is -0.472. The van der Waals surface area contributed by atoms with E-state index < -0.39 is 16.9 Å². The maximum absolute atomic E-state index is 12.3. The molecule has 0 N–H and O–H groups in total. The molecule has 0 spiro atoms. The number of methoxy groups -OCH3 is 1. The van der Waals surface area contributed by atoms with Gasteiger partial charge in [-0.1, -0.05) is 13.0 Å². The van der Waals surface area contributed by atoms with Gasteiger partial charge in [-0.3, -0.25) is 14.9 Å². The number of benzene rings is 2. The Morgan fingerprint density at radius 2 is 2.10 bits per heavy atom. The fourth-order valence-electron chi connectivity index (χ4n) is 2.84. The molecule has 1 aliphatic rings. The number of hydrogen-bond acceptors (Lipinski definition) is 8. The standard InChI is InChI=1S/C21H17IN2O7/c1-4-18(25)30-19-14(22)8-12(10-17(19)29-3)9-15-21(26)31-20(23-15)13-6-5-7-16(11(13)2)24(27)28/h5-10H,4H2,1-3H3/b15-9-. The van der Waals surface area contributed by atoms with Gasteiger partial charge in [-0.05, 0) is 59.4 Å². The molecule has 3 rings (SSSR count). The number of carbonyl (C=O) groups excluding carboxylic acids is 2. The molecule has 160 valence electrons. The molecule has 0 saturated heterocycles. The van der Waals surface area contributed by atoms with Gasteiger partial charge in [0.25, 0.3) is 5.69 Å². The Labute approximate surface area is 191 Å². The lowest BCUT2D eigenvalue weighted by Crippen LogP contribution is -2.08. The smallest absolute Gasteiger partial charge is 0.363 e. The minimum Gasteiger partial charge on any atom is -0.493 e. The first-order valence-corrected chi connectivity index (χ1v) is 10.2. The second-order valence-corrected chi connectivity index (χ2v) is 7.57. The van der Waals surface area contributed by atoms with Crippen LogP contribution in [-0.4, -0.2) is 29.9 Å². The predicted molar refractivity (Wildman–Crippen MR) is 120 cm³/mol. The van der Waals surface area contributed by atoms with Gasteiger partial charge in [0.05, 0.1) is 15.6 Å². The van der Waals surface area contributed by atoms with Crippen LogP contribution in [0.15, 0.2) is 41.0 Å². The number of carbonyl (C=O) groups is 2. The number of hydrogen-bond donors (Lipinski definition) is 0. The number of aliphatic imine (C=N–C) groups is 1. The quantitative estimate of drug-likeness (QED) is 0.136. The maximum atomic E-state index is 12.3. The van der Waals surface area contributed by atoms with Gasteiger partial charge >= 0.3 is 11.9 Å². The lowest BCUT2D eigenvalue weighted by Gasteiger charge is -2.11. The fraction of sp³-hybridized carbons (Fsp3) is 0.190. The van der Waals surface area contributed by atoms with Gasteiger partial charge in [-0.25, -0.2) is 9.79 Å². The second-order valence-electron chi connectivity index (χ2n) is 6.40. The summed E-state index contributed by atoms with van der Waals surface area (Å²) in [4.78, 5) is 38.9. The highest BCUT2D eigenvalue weighted by molar-refractivity contribution is 14.1. The summed E-state index contributed by atoms with van der Waals surface area (Å²) < 4.78 is 16.5. The van der Waals surface area contributed by atoms with E-state index in [1.54, 1.807) is 32.0 Å². The lowest BCUT2D eigenvalue weighted by molar-refractivity contribution is -0.385. The Bertz CT molecular complexity index is 1150. The molecule has 0 unspecified atom stereocenters. The molecule has 0 bridgehead atoms. The molecule has 0 radical (unpaired) electrons. The third-order valence-corrected chi connectivity index (χ3v) is 5.21. The van der Waals surface area contributed by atoms with Gasteiger partial charge in [0.1, 0.15) is 0 Å². The zero-order valence-corrected chi connectivity index (χ0v) is 19.0. The van der Waals surface area contributed by atoms with Crippen molar-refractivity contribution in [2.75, 3.05) is 7.11 Å². The molecule has 0 aliphatic carbocycles. The van der Waals surface area contributed by atoms with Gasteiger partial charge in [0.15, 0.2) is 17.2 Å². The van der Waals surface area contributed by atoms with Gasteiger partial charge in [-0.15, -0.1) is 0 Å². The average molecular weight is 536 g/mol. The highest BCUT2D eigenvalue weighted by atomic mass is 127. The van der Waals surface area contributed by atoms with E-state index >= 15 is 0 Å². The van der Waals surface area contributed by atoms with Crippen molar-refractivity contribution >= 4 is 52.2 Å². The number of nitrogens with zero attached hydrogens (tertiary/aromatic N) is 2. The highest BCUT2D eigenvalue weighted by Gasteiger charge is 2.27. The topological polar surface area (TPSA) is 117 Å². The molecule has 0 fully saturated rings. The largest absolute Gasteiger partial charge is 0.493 e. The van der Waals surface area contributed by atoms with Crippen molar-refractivity contribution in [3.05, 3.63) is 66.4 Å². The fourth-order valence-corrected chi connectivity index (χ4v) is 3.58. The van der Waals surface area contributed by atoms with Crippen LogP contribution in [0.2, 0.25) is 0 Å². The molecule has 0 aromatic heterocycles. The van der Waals surface area contributed by atoms with E-state index in [0.717, 1.165) is 0 Å². The van der Waals surface area contributed by atoms with Crippen LogP contribution in [0, 0.1) is 20.6 Å². The molecule has 1 heterocycles. The Kier molecular flexibility index (Phi) is 6.68. The Balaban J connectivity index is 1.99. The third-order valence-electron chi connectivity index (χ3n) is 4.41.